The van der Waals surface area contributed by atoms with Crippen molar-refractivity contribution < 1.29 is 23.5 Å². The summed E-state index contributed by atoms with van der Waals surface area (Å²) in [6.07, 6.45) is 6.13. The predicted molar refractivity (Wildman–Crippen MR) is 146 cm³/mol. The van der Waals surface area contributed by atoms with Crippen LogP contribution in [-0.4, -0.2) is 61.6 Å². The van der Waals surface area contributed by atoms with Crippen molar-refractivity contribution in [1.82, 2.24) is 5.32 Å². The highest BCUT2D eigenvalue weighted by Gasteiger charge is 2.35. The van der Waals surface area contributed by atoms with Crippen molar-refractivity contribution in [2.75, 3.05) is 47.5 Å². The van der Waals surface area contributed by atoms with E-state index < -0.39 is 12.2 Å². The molecule has 2 heterocycles. The number of ether oxygens (including phenoxy) is 1. The monoisotopic (exact) mass is 529 g/mol. The van der Waals surface area contributed by atoms with E-state index in [1.807, 2.05) is 42.7 Å². The van der Waals surface area contributed by atoms with Gasteiger partial charge in [-0.3, -0.25) is 14.5 Å². The van der Waals surface area contributed by atoms with E-state index in [0.29, 0.717) is 11.4 Å². The molecule has 0 spiro atoms. The summed E-state index contributed by atoms with van der Waals surface area (Å²) < 4.78 is 20.2. The molecule has 7 nitrogen and oxygen atoms in total. The average molecular weight is 530 g/mol. The van der Waals surface area contributed by atoms with Crippen LogP contribution in [0.5, 0.6) is 0 Å². The van der Waals surface area contributed by atoms with E-state index in [1.54, 1.807) is 12.1 Å². The summed E-state index contributed by atoms with van der Waals surface area (Å²) in [6.45, 7) is 8.12. The minimum atomic E-state index is -0.568. The summed E-state index contributed by atoms with van der Waals surface area (Å²) >= 11 is 1.86. The molecule has 2 atom stereocenters. The fraction of sp³-hybridized carbons (Fsp3) is 0.536. The number of carbonyl (C=O) groups is 3. The molecule has 0 bridgehead atoms. The molecular formula is C28H36FN3O4S. The van der Waals surface area contributed by atoms with Crippen LogP contribution in [0.4, 0.5) is 20.6 Å². The number of allylic oxidation sites excluding steroid dienone is 4. The molecule has 1 N–H and O–H groups in total. The van der Waals surface area contributed by atoms with Crippen LogP contribution >= 0.6 is 11.8 Å². The number of benzene rings is 1. The third-order valence-electron chi connectivity index (χ3n) is 7.21. The minimum Gasteiger partial charge on any atom is -0.442 e. The maximum atomic E-state index is 14.8. The molecule has 9 heteroatoms. The van der Waals surface area contributed by atoms with Gasteiger partial charge in [0.15, 0.2) is 0 Å². The Morgan fingerprint density at radius 3 is 2.65 bits per heavy atom. The highest BCUT2D eigenvalue weighted by Crippen LogP contribution is 2.37. The van der Waals surface area contributed by atoms with E-state index in [9.17, 15) is 18.8 Å². The maximum absolute atomic E-state index is 14.8. The zero-order chi connectivity index (χ0) is 26.6. The van der Waals surface area contributed by atoms with Crippen LogP contribution in [0, 0.1) is 17.2 Å². The summed E-state index contributed by atoms with van der Waals surface area (Å²) in [7, 11) is 0. The summed E-state index contributed by atoms with van der Waals surface area (Å²) in [4.78, 5) is 41.0. The Balaban J connectivity index is 1.24. The molecule has 0 radical (unpaired) electrons. The Morgan fingerprint density at radius 2 is 1.97 bits per heavy atom. The molecule has 2 saturated heterocycles. The molecule has 37 heavy (non-hydrogen) atoms. The van der Waals surface area contributed by atoms with Gasteiger partial charge in [0.2, 0.25) is 5.91 Å². The molecule has 0 aromatic heterocycles. The second-order valence-corrected chi connectivity index (χ2v) is 11.6. The highest BCUT2D eigenvalue weighted by atomic mass is 32.2. The fourth-order valence-corrected chi connectivity index (χ4v) is 6.00. The topological polar surface area (TPSA) is 79.0 Å². The van der Waals surface area contributed by atoms with Crippen molar-refractivity contribution >= 4 is 40.9 Å². The number of hydrogen-bond acceptors (Lipinski definition) is 6. The number of halogens is 1. The molecule has 0 saturated carbocycles. The van der Waals surface area contributed by atoms with E-state index >= 15 is 0 Å². The van der Waals surface area contributed by atoms with Gasteiger partial charge in [0.05, 0.1) is 24.5 Å². The summed E-state index contributed by atoms with van der Waals surface area (Å²) in [5.74, 6) is 1.09. The third-order valence-corrected chi connectivity index (χ3v) is 8.15. The number of Topliss-reactive ketones (excluding diaryl/α,β-unsaturated/α-hetero) is 1. The first-order valence-corrected chi connectivity index (χ1v) is 14.1. The second-order valence-electron chi connectivity index (χ2n) is 10.4. The molecule has 2 amide bonds. The molecule has 1 aromatic carbocycles. The van der Waals surface area contributed by atoms with Gasteiger partial charge in [0.1, 0.15) is 17.7 Å². The van der Waals surface area contributed by atoms with Crippen molar-refractivity contribution in [3.8, 4) is 0 Å². The van der Waals surface area contributed by atoms with Gasteiger partial charge in [-0.2, -0.15) is 11.8 Å². The van der Waals surface area contributed by atoms with E-state index in [1.165, 1.54) is 16.5 Å². The Kier molecular flexibility index (Phi) is 8.62. The zero-order valence-corrected chi connectivity index (χ0v) is 22.6. The number of carbonyl (C=O) groups excluding carboxylic acids is 3. The summed E-state index contributed by atoms with van der Waals surface area (Å²) in [5.41, 5.74) is 1.91. The first kappa shape index (κ1) is 27.2. The molecule has 1 unspecified atom stereocenters. The van der Waals surface area contributed by atoms with Crippen molar-refractivity contribution in [2.24, 2.45) is 11.3 Å². The molecule has 2 aliphatic heterocycles. The normalized spacial score (nSPS) is 23.0. The van der Waals surface area contributed by atoms with Crippen molar-refractivity contribution in [3.05, 3.63) is 47.8 Å². The van der Waals surface area contributed by atoms with Crippen molar-refractivity contribution in [2.45, 2.75) is 46.1 Å². The largest absolute Gasteiger partial charge is 0.442 e. The van der Waals surface area contributed by atoms with E-state index in [4.69, 9.17) is 4.74 Å². The number of nitrogens with zero attached hydrogens (tertiary/aromatic N) is 2. The third kappa shape index (κ3) is 6.55. The van der Waals surface area contributed by atoms with Crippen LogP contribution in [0.1, 0.15) is 40.0 Å². The van der Waals surface area contributed by atoms with Crippen LogP contribution in [-0.2, 0) is 14.3 Å². The molecule has 3 aliphatic rings. The van der Waals surface area contributed by atoms with Crippen LogP contribution < -0.4 is 15.1 Å². The molecule has 200 valence electrons. The number of cyclic esters (lactones) is 1. The average Bonchev–Trinajstić information content (AvgIpc) is 3.26. The summed E-state index contributed by atoms with van der Waals surface area (Å²) in [6, 6.07) is 4.81. The SMILES string of the molecule is CCC1=CC(C)(C)[C@@H](C(=O)CCC(=O)NCC2CN(c3ccc(N4CCSCC4)c(F)c3)C(=O)O2)C=C1. The van der Waals surface area contributed by atoms with Gasteiger partial charge >= 0.3 is 6.09 Å². The Bertz CT molecular complexity index is 1100. The molecule has 1 aliphatic carbocycles. The van der Waals surface area contributed by atoms with Crippen molar-refractivity contribution in [1.29, 1.82) is 0 Å². The van der Waals surface area contributed by atoms with Gasteiger partial charge in [-0.1, -0.05) is 44.6 Å². The number of rotatable bonds is 9. The van der Waals surface area contributed by atoms with Crippen LogP contribution in [0.2, 0.25) is 0 Å². The smallest absolute Gasteiger partial charge is 0.414 e. The number of thioether (sulfide) groups is 1. The van der Waals surface area contributed by atoms with E-state index in [2.05, 4.69) is 18.3 Å². The number of anilines is 2. The lowest BCUT2D eigenvalue weighted by molar-refractivity contribution is -0.128. The highest BCUT2D eigenvalue weighted by molar-refractivity contribution is 7.99. The van der Waals surface area contributed by atoms with Crippen LogP contribution in [0.25, 0.3) is 0 Å². The number of amides is 2. The van der Waals surface area contributed by atoms with Gasteiger partial charge in [0, 0.05) is 43.4 Å². The lowest BCUT2D eigenvalue weighted by Crippen LogP contribution is -2.35. The number of nitrogens with one attached hydrogen (secondary N) is 1. The Labute approximate surface area is 222 Å². The van der Waals surface area contributed by atoms with Gasteiger partial charge in [-0.15, -0.1) is 0 Å². The first-order chi connectivity index (χ1) is 17.7. The van der Waals surface area contributed by atoms with Crippen LogP contribution in [0.15, 0.2) is 42.0 Å². The zero-order valence-electron chi connectivity index (χ0n) is 21.8. The maximum Gasteiger partial charge on any atom is 0.414 e. The number of hydrogen-bond donors (Lipinski definition) is 1. The molecule has 2 fully saturated rings. The predicted octanol–water partition coefficient (Wildman–Crippen LogP) is 4.72. The second kappa shape index (κ2) is 11.7. The Morgan fingerprint density at radius 1 is 1.22 bits per heavy atom. The molecule has 4 rings (SSSR count). The van der Waals surface area contributed by atoms with Crippen molar-refractivity contribution in [3.63, 3.8) is 0 Å². The standard InChI is InChI=1S/C28H36FN3O4S/c1-4-19-5-7-22(28(2,3)16-19)25(33)9-10-26(34)30-17-21-18-32(27(35)36-21)20-6-8-24(23(29)15-20)31-11-13-37-14-12-31/h5-8,15-16,21-22H,4,9-14,17-18H2,1-3H3,(H,30,34)/t21?,22-/m1/s1. The van der Waals surface area contributed by atoms with Gasteiger partial charge in [-0.05, 0) is 30.0 Å². The summed E-state index contributed by atoms with van der Waals surface area (Å²) in [5, 5.41) is 2.77. The van der Waals surface area contributed by atoms with E-state index in [0.717, 1.165) is 31.0 Å². The van der Waals surface area contributed by atoms with Gasteiger partial charge in [-0.25, -0.2) is 9.18 Å². The number of ketones is 1. The molecular weight excluding hydrogens is 493 g/mol. The van der Waals surface area contributed by atoms with E-state index in [-0.39, 0.29) is 54.8 Å². The minimum absolute atomic E-state index is 0.0371. The van der Waals surface area contributed by atoms with Crippen LogP contribution in [0.3, 0.4) is 0 Å². The van der Waals surface area contributed by atoms with Gasteiger partial charge in [0.25, 0.3) is 0 Å². The quantitative estimate of drug-likeness (QED) is 0.499. The fourth-order valence-electron chi connectivity index (χ4n) is 5.10. The first-order valence-electron chi connectivity index (χ1n) is 13.0. The molecule has 1 aromatic rings. The van der Waals surface area contributed by atoms with Gasteiger partial charge < -0.3 is 15.0 Å². The lowest BCUT2D eigenvalue weighted by Gasteiger charge is -2.32. The Hall–Kier alpha value is -2.81. The lowest BCUT2D eigenvalue weighted by atomic mass is 9.71.